The van der Waals surface area contributed by atoms with Crippen LogP contribution in [0.1, 0.15) is 13.8 Å². The predicted molar refractivity (Wildman–Crippen MR) is 49.4 cm³/mol. The molecule has 0 saturated carbocycles. The molecule has 12 heavy (non-hydrogen) atoms. The maximum Gasteiger partial charge on any atom is 0.204 e. The van der Waals surface area contributed by atoms with Crippen molar-refractivity contribution in [2.24, 2.45) is 0 Å². The van der Waals surface area contributed by atoms with E-state index in [-0.39, 0.29) is 0 Å². The van der Waals surface area contributed by atoms with Gasteiger partial charge in [-0.15, -0.1) is 0 Å². The van der Waals surface area contributed by atoms with Crippen LogP contribution in [-0.2, 0) is 9.09 Å². The first-order valence-electron chi connectivity index (χ1n) is 3.78. The third-order valence-electron chi connectivity index (χ3n) is 1.25. The lowest BCUT2D eigenvalue weighted by atomic mass is 10.3. The largest absolute Gasteiger partial charge is 0.329 e. The smallest absolute Gasteiger partial charge is 0.204 e. The second-order valence-corrected chi connectivity index (χ2v) is 5.31. The van der Waals surface area contributed by atoms with Crippen LogP contribution in [0.4, 0.5) is 0 Å². The second-order valence-electron chi connectivity index (χ2n) is 2.71. The Balaban J connectivity index is 4.17. The third kappa shape index (κ3) is 5.12. The Labute approximate surface area is 73.5 Å². The van der Waals surface area contributed by atoms with Gasteiger partial charge in [-0.25, -0.2) is 0 Å². The highest BCUT2D eigenvalue weighted by atomic mass is 31.2. The van der Waals surface area contributed by atoms with E-state index in [1.807, 2.05) is 6.07 Å². The van der Waals surface area contributed by atoms with Crippen LogP contribution in [0.3, 0.4) is 0 Å². The lowest BCUT2D eigenvalue weighted by Gasteiger charge is -2.11. The summed E-state index contributed by atoms with van der Waals surface area (Å²) in [5.41, 5.74) is 0.803. The SMILES string of the molecule is CCOP(C)(=O)C/C(C)=C/C#N. The summed E-state index contributed by atoms with van der Waals surface area (Å²) in [7, 11) is -2.50. The van der Waals surface area contributed by atoms with E-state index >= 15 is 0 Å². The van der Waals surface area contributed by atoms with Gasteiger partial charge in [0.05, 0.1) is 12.7 Å². The normalized spacial score (nSPS) is 16.7. The summed E-state index contributed by atoms with van der Waals surface area (Å²) < 4.78 is 16.6. The summed E-state index contributed by atoms with van der Waals surface area (Å²) >= 11 is 0. The van der Waals surface area contributed by atoms with Gasteiger partial charge in [-0.3, -0.25) is 4.57 Å². The van der Waals surface area contributed by atoms with Gasteiger partial charge in [0, 0.05) is 18.9 Å². The Morgan fingerprint density at radius 2 is 2.33 bits per heavy atom. The maximum atomic E-state index is 11.5. The molecule has 0 aromatic heterocycles. The van der Waals surface area contributed by atoms with Crippen molar-refractivity contribution in [1.29, 1.82) is 5.26 Å². The fourth-order valence-corrected chi connectivity index (χ4v) is 2.56. The minimum absolute atomic E-state index is 0.369. The van der Waals surface area contributed by atoms with Gasteiger partial charge in [0.2, 0.25) is 7.37 Å². The quantitative estimate of drug-likeness (QED) is 0.501. The van der Waals surface area contributed by atoms with Crippen LogP contribution >= 0.6 is 7.37 Å². The molecule has 0 aromatic carbocycles. The molecule has 0 rings (SSSR count). The van der Waals surface area contributed by atoms with Gasteiger partial charge in [-0.05, 0) is 13.8 Å². The van der Waals surface area contributed by atoms with Gasteiger partial charge in [0.25, 0.3) is 0 Å². The molecule has 1 unspecified atom stereocenters. The first-order valence-corrected chi connectivity index (χ1v) is 6.04. The van der Waals surface area contributed by atoms with E-state index < -0.39 is 7.37 Å². The monoisotopic (exact) mass is 187 g/mol. The second kappa shape index (κ2) is 5.13. The molecule has 0 aliphatic rings. The minimum atomic E-state index is -2.50. The van der Waals surface area contributed by atoms with Crippen LogP contribution in [0.5, 0.6) is 0 Å². The molecule has 4 heteroatoms. The van der Waals surface area contributed by atoms with Crippen molar-refractivity contribution in [3.8, 4) is 6.07 Å². The van der Waals surface area contributed by atoms with Gasteiger partial charge in [-0.1, -0.05) is 5.57 Å². The van der Waals surface area contributed by atoms with Crippen molar-refractivity contribution in [3.05, 3.63) is 11.6 Å². The number of nitrogens with zero attached hydrogens (tertiary/aromatic N) is 1. The van der Waals surface area contributed by atoms with E-state index in [4.69, 9.17) is 9.79 Å². The molecule has 0 radical (unpaired) electrons. The Morgan fingerprint density at radius 1 is 1.75 bits per heavy atom. The molecular weight excluding hydrogens is 173 g/mol. The zero-order valence-corrected chi connectivity index (χ0v) is 8.60. The Kier molecular flexibility index (Phi) is 4.89. The van der Waals surface area contributed by atoms with E-state index in [9.17, 15) is 4.57 Å². The molecule has 0 amide bonds. The third-order valence-corrected chi connectivity index (χ3v) is 3.13. The number of nitriles is 1. The first kappa shape index (κ1) is 11.4. The number of rotatable bonds is 4. The lowest BCUT2D eigenvalue weighted by molar-refractivity contribution is 0.339. The fraction of sp³-hybridized carbons (Fsp3) is 0.625. The predicted octanol–water partition coefficient (Wildman–Crippen LogP) is 2.40. The van der Waals surface area contributed by atoms with Crippen molar-refractivity contribution >= 4 is 7.37 Å². The fourth-order valence-electron chi connectivity index (χ4n) is 0.928. The first-order chi connectivity index (χ1) is 5.52. The van der Waals surface area contributed by atoms with Crippen LogP contribution in [0, 0.1) is 11.3 Å². The van der Waals surface area contributed by atoms with Crippen LogP contribution in [-0.4, -0.2) is 19.4 Å². The summed E-state index contributed by atoms with van der Waals surface area (Å²) in [6, 6.07) is 1.89. The summed E-state index contributed by atoms with van der Waals surface area (Å²) in [6.07, 6.45) is 1.77. The molecule has 0 aliphatic carbocycles. The highest BCUT2D eigenvalue weighted by molar-refractivity contribution is 7.58. The molecule has 0 aliphatic heterocycles. The molecular formula is C8H14NO2P. The zero-order valence-electron chi connectivity index (χ0n) is 7.70. The lowest BCUT2D eigenvalue weighted by Crippen LogP contribution is -1.94. The average Bonchev–Trinajstić information content (AvgIpc) is 1.85. The summed E-state index contributed by atoms with van der Waals surface area (Å²) in [6.45, 7) is 5.62. The topological polar surface area (TPSA) is 50.1 Å². The zero-order chi connectivity index (χ0) is 9.61. The van der Waals surface area contributed by atoms with Crippen molar-refractivity contribution < 1.29 is 9.09 Å². The molecule has 68 valence electrons. The minimum Gasteiger partial charge on any atom is -0.329 e. The van der Waals surface area contributed by atoms with Crippen LogP contribution < -0.4 is 0 Å². The number of hydrogen-bond acceptors (Lipinski definition) is 3. The van der Waals surface area contributed by atoms with Gasteiger partial charge in [0.15, 0.2) is 0 Å². The number of allylic oxidation sites excluding steroid dienone is 2. The van der Waals surface area contributed by atoms with E-state index in [2.05, 4.69) is 0 Å². The summed E-state index contributed by atoms with van der Waals surface area (Å²) in [5.74, 6) is 0. The van der Waals surface area contributed by atoms with Gasteiger partial charge in [0.1, 0.15) is 0 Å². The Morgan fingerprint density at radius 3 is 2.75 bits per heavy atom. The van der Waals surface area contributed by atoms with Gasteiger partial charge < -0.3 is 4.52 Å². The highest BCUT2D eigenvalue weighted by Crippen LogP contribution is 2.43. The Bertz CT molecular complexity index is 252. The molecule has 0 bridgehead atoms. The molecule has 1 atom stereocenters. The van der Waals surface area contributed by atoms with E-state index in [1.54, 1.807) is 20.5 Å². The molecule has 0 saturated heterocycles. The molecule has 0 heterocycles. The van der Waals surface area contributed by atoms with E-state index in [1.165, 1.54) is 6.08 Å². The average molecular weight is 187 g/mol. The highest BCUT2D eigenvalue weighted by Gasteiger charge is 2.14. The van der Waals surface area contributed by atoms with Crippen LogP contribution in [0.2, 0.25) is 0 Å². The van der Waals surface area contributed by atoms with Crippen molar-refractivity contribution in [3.63, 3.8) is 0 Å². The van der Waals surface area contributed by atoms with Crippen LogP contribution in [0.15, 0.2) is 11.6 Å². The van der Waals surface area contributed by atoms with Crippen LogP contribution in [0.25, 0.3) is 0 Å². The van der Waals surface area contributed by atoms with E-state index in [0.29, 0.717) is 12.8 Å². The van der Waals surface area contributed by atoms with Crippen molar-refractivity contribution in [1.82, 2.24) is 0 Å². The summed E-state index contributed by atoms with van der Waals surface area (Å²) in [5, 5.41) is 8.31. The number of hydrogen-bond donors (Lipinski definition) is 0. The Hall–Kier alpha value is -0.580. The molecule has 0 spiro atoms. The maximum absolute atomic E-state index is 11.5. The molecule has 0 N–H and O–H groups in total. The van der Waals surface area contributed by atoms with Gasteiger partial charge >= 0.3 is 0 Å². The molecule has 0 fully saturated rings. The molecule has 0 aromatic rings. The van der Waals surface area contributed by atoms with Gasteiger partial charge in [-0.2, -0.15) is 5.26 Å². The van der Waals surface area contributed by atoms with E-state index in [0.717, 1.165) is 5.57 Å². The van der Waals surface area contributed by atoms with Crippen molar-refractivity contribution in [2.75, 3.05) is 19.4 Å². The van der Waals surface area contributed by atoms with Crippen molar-refractivity contribution in [2.45, 2.75) is 13.8 Å². The summed E-state index contributed by atoms with van der Waals surface area (Å²) in [4.78, 5) is 0. The standard InChI is InChI=1S/C8H14NO2P/c1-4-11-12(3,10)7-8(2)5-6-9/h5H,4,7H2,1-3H3/b8-5+. The molecule has 3 nitrogen and oxygen atoms in total.